The molecular formula is C6H8B2. The van der Waals surface area contributed by atoms with Gasteiger partial charge in [-0.15, -0.1) is 12.8 Å². The second-order valence-electron chi connectivity index (χ2n) is 2.06. The van der Waals surface area contributed by atoms with Gasteiger partial charge in [-0.2, -0.15) is 11.6 Å². The van der Waals surface area contributed by atoms with Crippen molar-refractivity contribution in [3.63, 3.8) is 0 Å². The van der Waals surface area contributed by atoms with E-state index in [1.165, 1.54) is 0 Å². The van der Waals surface area contributed by atoms with Gasteiger partial charge < -0.3 is 0 Å². The molecule has 0 nitrogen and oxygen atoms in total. The molecule has 0 rings (SSSR count). The summed E-state index contributed by atoms with van der Waals surface area (Å²) < 4.78 is 0. The molecule has 2 heteroatoms. The molecule has 0 heterocycles. The third-order valence-corrected chi connectivity index (χ3v) is 1.03. The Balaban J connectivity index is 3.81. The van der Waals surface area contributed by atoms with Gasteiger partial charge in [-0.05, 0) is 0 Å². The Hall–Kier alpha value is -0.750. The summed E-state index contributed by atoms with van der Waals surface area (Å²) in [5.41, 5.74) is 0. The van der Waals surface area contributed by atoms with Crippen molar-refractivity contribution in [2.45, 2.75) is 13.6 Å². The number of hydrogen-bond acceptors (Lipinski definition) is 0. The van der Waals surface area contributed by atoms with Crippen LogP contribution in [0.4, 0.5) is 0 Å². The molecule has 0 radical (unpaired) electrons. The predicted molar refractivity (Wildman–Crippen MR) is 40.9 cm³/mol. The highest BCUT2D eigenvalue weighted by molar-refractivity contribution is 7.28. The average Bonchev–Trinajstić information content (AvgIpc) is 1.69. The minimum Gasteiger partial charge on any atom is -0.150 e. The zero-order valence-electron chi connectivity index (χ0n) is 5.31. The maximum absolute atomic E-state index is 5.09. The van der Waals surface area contributed by atoms with E-state index in [2.05, 4.69) is 11.6 Å². The largest absolute Gasteiger partial charge is 0.280 e. The van der Waals surface area contributed by atoms with E-state index in [1.54, 1.807) is 0 Å². The molecule has 0 aliphatic heterocycles. The average molecular weight is 102 g/mol. The van der Waals surface area contributed by atoms with E-state index in [4.69, 9.17) is 12.8 Å². The van der Waals surface area contributed by atoms with E-state index in [0.717, 1.165) is 0 Å². The van der Waals surface area contributed by atoms with Crippen LogP contribution in [0.5, 0.6) is 0 Å². The van der Waals surface area contributed by atoms with Crippen LogP contribution in [0, 0.1) is 24.5 Å². The Morgan fingerprint density at radius 2 is 1.50 bits per heavy atom. The van der Waals surface area contributed by atoms with Gasteiger partial charge in [-0.1, -0.05) is 13.6 Å². The molecule has 0 saturated carbocycles. The first kappa shape index (κ1) is 7.25. The molecule has 8 heavy (non-hydrogen) atoms. The summed E-state index contributed by atoms with van der Waals surface area (Å²) in [4.78, 5) is 0. The van der Waals surface area contributed by atoms with E-state index >= 15 is 0 Å². The van der Waals surface area contributed by atoms with Crippen molar-refractivity contribution in [3.05, 3.63) is 0 Å². The lowest BCUT2D eigenvalue weighted by molar-refractivity contribution is 2.08. The smallest absolute Gasteiger partial charge is 0.150 e. The maximum atomic E-state index is 5.09. The second-order valence-corrected chi connectivity index (χ2v) is 2.06. The lowest BCUT2D eigenvalue weighted by atomic mass is 9.11. The predicted octanol–water partition coefficient (Wildman–Crippen LogP) is 0.659. The first-order chi connectivity index (χ1) is 3.72. The van der Waals surface area contributed by atoms with Crippen molar-refractivity contribution < 1.29 is 0 Å². The van der Waals surface area contributed by atoms with E-state index in [1.807, 2.05) is 13.6 Å². The molecule has 0 atom stereocenters. The van der Waals surface area contributed by atoms with Gasteiger partial charge in [0.05, 0.1) is 0 Å². The molecule has 0 aliphatic rings. The summed E-state index contributed by atoms with van der Waals surface area (Å²) in [6.07, 6.45) is 10.2. The van der Waals surface area contributed by atoms with Crippen molar-refractivity contribution in [1.82, 2.24) is 0 Å². The Labute approximate surface area is 52.2 Å². The van der Waals surface area contributed by atoms with Crippen molar-refractivity contribution in [3.8, 4) is 24.5 Å². The Morgan fingerprint density at radius 1 is 1.12 bits per heavy atom. The molecule has 0 bridgehead atoms. The van der Waals surface area contributed by atoms with Gasteiger partial charge in [-0.3, -0.25) is 0 Å². The van der Waals surface area contributed by atoms with Gasteiger partial charge in [0.1, 0.15) is 6.60 Å². The van der Waals surface area contributed by atoms with Gasteiger partial charge in [-0.25, -0.2) is 0 Å². The molecule has 38 valence electrons. The maximum Gasteiger partial charge on any atom is 0.280 e. The molecule has 0 unspecified atom stereocenters. The first-order valence-electron chi connectivity index (χ1n) is 2.64. The third kappa shape index (κ3) is 1.80. The Bertz CT molecular complexity index is 122. The Morgan fingerprint density at radius 3 is 1.50 bits per heavy atom. The van der Waals surface area contributed by atoms with E-state index in [9.17, 15) is 0 Å². The topological polar surface area (TPSA) is 0 Å². The monoisotopic (exact) mass is 102 g/mol. The fourth-order valence-electron chi connectivity index (χ4n) is 0.433. The lowest BCUT2D eigenvalue weighted by Gasteiger charge is -1.95. The van der Waals surface area contributed by atoms with Gasteiger partial charge >= 0.3 is 0 Å². The van der Waals surface area contributed by atoms with Crippen LogP contribution in [0.1, 0.15) is 0 Å². The molecule has 0 fully saturated rings. The quantitative estimate of drug-likeness (QED) is 0.336. The van der Waals surface area contributed by atoms with Gasteiger partial charge in [0.15, 0.2) is 0 Å². The van der Waals surface area contributed by atoms with E-state index in [0.29, 0.717) is 6.60 Å². The summed E-state index contributed by atoms with van der Waals surface area (Å²) in [5, 5.41) is 0. The van der Waals surface area contributed by atoms with Gasteiger partial charge in [0.2, 0.25) is 0 Å². The van der Waals surface area contributed by atoms with Crippen LogP contribution in [0.2, 0.25) is 13.6 Å². The van der Waals surface area contributed by atoms with Crippen LogP contribution in [0.3, 0.4) is 0 Å². The highest BCUT2D eigenvalue weighted by Gasteiger charge is 2.13. The zero-order valence-corrected chi connectivity index (χ0v) is 5.31. The summed E-state index contributed by atoms with van der Waals surface area (Å²) in [7, 11) is 0. The van der Waals surface area contributed by atoms with Crippen molar-refractivity contribution in [2.75, 3.05) is 0 Å². The zero-order chi connectivity index (χ0) is 6.57. The molecule has 0 aliphatic carbocycles. The molecule has 0 N–H and O–H groups in total. The van der Waals surface area contributed by atoms with Crippen LogP contribution in [-0.4, -0.2) is 13.2 Å². The summed E-state index contributed by atoms with van der Waals surface area (Å²) in [5.74, 6) is 5.03. The standard InChI is InChI=1S/C6H8B2/c1-5-8(6-2)7(3)4/h1-2H,3-4H3. The van der Waals surface area contributed by atoms with Crippen molar-refractivity contribution >= 4 is 13.2 Å². The summed E-state index contributed by atoms with van der Waals surface area (Å²) >= 11 is 0. The summed E-state index contributed by atoms with van der Waals surface area (Å²) in [6.45, 7) is 4.45. The fraction of sp³-hybridized carbons (Fsp3) is 0.333. The van der Waals surface area contributed by atoms with Crippen LogP contribution >= 0.6 is 0 Å². The minimum atomic E-state index is 0.00926. The number of terminal acetylenes is 2. The van der Waals surface area contributed by atoms with Crippen molar-refractivity contribution in [2.24, 2.45) is 0 Å². The Kier molecular flexibility index (Phi) is 2.97. The van der Waals surface area contributed by atoms with Crippen LogP contribution < -0.4 is 0 Å². The SMILES string of the molecule is C#CB(C#C)B(C)C. The highest BCUT2D eigenvalue weighted by Crippen LogP contribution is 1.84. The molecule has 0 spiro atoms. The van der Waals surface area contributed by atoms with Crippen LogP contribution in [0.15, 0.2) is 0 Å². The number of hydrogen-bond donors (Lipinski definition) is 0. The minimum absolute atomic E-state index is 0.00926. The van der Waals surface area contributed by atoms with E-state index in [-0.39, 0.29) is 6.60 Å². The third-order valence-electron chi connectivity index (χ3n) is 1.03. The van der Waals surface area contributed by atoms with Gasteiger partial charge in [0.25, 0.3) is 6.60 Å². The van der Waals surface area contributed by atoms with Crippen molar-refractivity contribution in [1.29, 1.82) is 0 Å². The van der Waals surface area contributed by atoms with Gasteiger partial charge in [0, 0.05) is 0 Å². The molecule has 0 aromatic heterocycles. The molecule has 0 aromatic carbocycles. The lowest BCUT2D eigenvalue weighted by Crippen LogP contribution is -2.26. The van der Waals surface area contributed by atoms with Crippen LogP contribution in [-0.2, 0) is 0 Å². The molecule has 0 aromatic rings. The fourth-order valence-corrected chi connectivity index (χ4v) is 0.433. The second kappa shape index (κ2) is 3.28. The van der Waals surface area contributed by atoms with Crippen LogP contribution in [0.25, 0.3) is 0 Å². The molecule has 0 saturated heterocycles. The molecular weight excluding hydrogens is 93.7 g/mol. The normalized spacial score (nSPS) is 6.50. The molecule has 0 amide bonds. The highest BCUT2D eigenvalue weighted by atomic mass is 13.4. The van der Waals surface area contributed by atoms with E-state index < -0.39 is 0 Å². The summed E-state index contributed by atoms with van der Waals surface area (Å²) in [6, 6.07) is 0. The number of rotatable bonds is 1. The first-order valence-corrected chi connectivity index (χ1v) is 2.64.